The van der Waals surface area contributed by atoms with Crippen LogP contribution in [0.15, 0.2) is 65.5 Å². The van der Waals surface area contributed by atoms with Gasteiger partial charge >= 0.3 is 0 Å². The lowest BCUT2D eigenvalue weighted by atomic mass is 10.3. The van der Waals surface area contributed by atoms with Gasteiger partial charge in [-0.25, -0.2) is 0 Å². The number of para-hydroxylation sites is 2. The first-order valence-corrected chi connectivity index (χ1v) is 8.82. The van der Waals surface area contributed by atoms with E-state index >= 15 is 0 Å². The molecule has 0 bridgehead atoms. The van der Waals surface area contributed by atoms with Crippen LogP contribution in [0.25, 0.3) is 21.7 Å². The number of hydrogen-bond acceptors (Lipinski definition) is 4. The molecule has 0 amide bonds. The summed E-state index contributed by atoms with van der Waals surface area (Å²) in [7, 11) is 0. The number of fused-ring (bicyclic) bond motifs is 1. The molecule has 118 valence electrons. The molecule has 0 saturated carbocycles. The second-order valence-corrected chi connectivity index (χ2v) is 7.15. The van der Waals surface area contributed by atoms with Crippen molar-refractivity contribution in [1.82, 2.24) is 14.1 Å². The number of H-pyrrole nitrogens is 1. The van der Waals surface area contributed by atoms with Crippen molar-refractivity contribution in [2.75, 3.05) is 0 Å². The van der Waals surface area contributed by atoms with E-state index in [0.29, 0.717) is 19.1 Å². The van der Waals surface area contributed by atoms with Crippen LogP contribution in [0, 0.1) is 8.73 Å². The number of rotatable bonds is 2. The minimum atomic E-state index is -0.161. The largest absolute Gasteiger partial charge is 0.316 e. The molecule has 0 saturated heterocycles. The molecule has 0 spiro atoms. The van der Waals surface area contributed by atoms with Crippen molar-refractivity contribution in [1.29, 1.82) is 0 Å². The van der Waals surface area contributed by atoms with Crippen LogP contribution < -0.4 is 5.56 Å². The van der Waals surface area contributed by atoms with Gasteiger partial charge in [0.1, 0.15) is 10.3 Å². The fourth-order valence-electron chi connectivity index (χ4n) is 2.61. The summed E-state index contributed by atoms with van der Waals surface area (Å²) in [5, 5.41) is 0. The van der Waals surface area contributed by atoms with Crippen molar-refractivity contribution < 1.29 is 0 Å². The molecule has 0 aliphatic rings. The van der Waals surface area contributed by atoms with E-state index in [9.17, 15) is 4.79 Å². The molecule has 4 aromatic rings. The summed E-state index contributed by atoms with van der Waals surface area (Å²) in [5.41, 5.74) is 2.11. The van der Waals surface area contributed by atoms with Crippen molar-refractivity contribution in [3.63, 3.8) is 0 Å². The number of aromatic nitrogens is 3. The zero-order valence-corrected chi connectivity index (χ0v) is 14.8. The zero-order chi connectivity index (χ0) is 16.7. The Kier molecular flexibility index (Phi) is 3.76. The maximum absolute atomic E-state index is 13.0. The van der Waals surface area contributed by atoms with Gasteiger partial charge in [-0.2, -0.15) is 0 Å². The van der Waals surface area contributed by atoms with Crippen LogP contribution in [0.5, 0.6) is 0 Å². The van der Waals surface area contributed by atoms with E-state index in [4.69, 9.17) is 24.4 Å². The van der Waals surface area contributed by atoms with Crippen LogP contribution in [-0.4, -0.2) is 14.1 Å². The standard InChI is InChI=1S/C17H11N3OS3/c21-15-13-14(18-16(22)20(15)12-9-5-2-6-10-12)19(17(23)24-13)11-7-3-1-4-8-11/h1-10H,(H,18,22). The molecule has 0 atom stereocenters. The second kappa shape index (κ2) is 5.94. The highest BCUT2D eigenvalue weighted by Crippen LogP contribution is 2.23. The summed E-state index contributed by atoms with van der Waals surface area (Å²) >= 11 is 12.2. The van der Waals surface area contributed by atoms with Crippen molar-refractivity contribution in [3.05, 3.63) is 79.7 Å². The zero-order valence-electron chi connectivity index (χ0n) is 12.3. The Morgan fingerprint density at radius 3 is 1.96 bits per heavy atom. The highest BCUT2D eigenvalue weighted by Gasteiger charge is 2.14. The molecule has 2 aromatic heterocycles. The first kappa shape index (κ1) is 15.2. The number of nitrogens with one attached hydrogen (secondary N) is 1. The maximum Gasteiger partial charge on any atom is 0.278 e. The molecule has 0 fully saturated rings. The summed E-state index contributed by atoms with van der Waals surface area (Å²) in [6.07, 6.45) is 0. The van der Waals surface area contributed by atoms with Crippen LogP contribution in [0.3, 0.4) is 0 Å². The fourth-order valence-corrected chi connectivity index (χ4v) is 4.22. The van der Waals surface area contributed by atoms with E-state index in [1.807, 2.05) is 65.2 Å². The number of aromatic amines is 1. The molecule has 1 N–H and O–H groups in total. The van der Waals surface area contributed by atoms with Crippen LogP contribution >= 0.6 is 35.8 Å². The molecule has 4 nitrogen and oxygen atoms in total. The normalized spacial score (nSPS) is 11.0. The molecule has 0 unspecified atom stereocenters. The van der Waals surface area contributed by atoms with Crippen LogP contribution in [0.4, 0.5) is 0 Å². The predicted octanol–water partition coefficient (Wildman–Crippen LogP) is 4.63. The molecule has 0 aliphatic carbocycles. The first-order chi connectivity index (χ1) is 11.7. The molecule has 7 heteroatoms. The fraction of sp³-hybridized carbons (Fsp3) is 0. The lowest BCUT2D eigenvalue weighted by Crippen LogP contribution is -2.20. The van der Waals surface area contributed by atoms with Gasteiger partial charge in [0.25, 0.3) is 5.56 Å². The number of thiazole rings is 1. The van der Waals surface area contributed by atoms with Crippen molar-refractivity contribution in [2.24, 2.45) is 0 Å². The summed E-state index contributed by atoms with van der Waals surface area (Å²) < 4.78 is 4.85. The van der Waals surface area contributed by atoms with Gasteiger partial charge in [-0.1, -0.05) is 47.7 Å². The van der Waals surface area contributed by atoms with Crippen LogP contribution in [0.2, 0.25) is 0 Å². The lowest BCUT2D eigenvalue weighted by Gasteiger charge is -2.08. The third kappa shape index (κ3) is 2.37. The lowest BCUT2D eigenvalue weighted by molar-refractivity contribution is 0.927. The summed E-state index contributed by atoms with van der Waals surface area (Å²) in [5.74, 6) is 0. The number of hydrogen-bond donors (Lipinski definition) is 1. The molecule has 0 aliphatic heterocycles. The minimum Gasteiger partial charge on any atom is -0.316 e. The number of nitrogens with zero attached hydrogens (tertiary/aromatic N) is 2. The summed E-state index contributed by atoms with van der Waals surface area (Å²) in [6.45, 7) is 0. The third-order valence-corrected chi connectivity index (χ3v) is 5.31. The molecule has 2 aromatic carbocycles. The first-order valence-electron chi connectivity index (χ1n) is 7.18. The average Bonchev–Trinajstić information content (AvgIpc) is 2.93. The average molecular weight is 369 g/mol. The Balaban J connectivity index is 2.10. The predicted molar refractivity (Wildman–Crippen MR) is 103 cm³/mol. The Bertz CT molecular complexity index is 1200. The van der Waals surface area contributed by atoms with E-state index in [1.165, 1.54) is 15.9 Å². The van der Waals surface area contributed by atoms with E-state index in [0.717, 1.165) is 11.4 Å². The SMILES string of the molecule is O=c1c2sc(=S)n(-c3ccccc3)c2[nH]c(=S)n1-c1ccccc1. The van der Waals surface area contributed by atoms with Gasteiger partial charge in [0.05, 0.1) is 5.69 Å². The third-order valence-electron chi connectivity index (χ3n) is 3.67. The van der Waals surface area contributed by atoms with E-state index in [1.54, 1.807) is 0 Å². The Hall–Kier alpha value is -2.35. The maximum atomic E-state index is 13.0. The molecular formula is C17H11N3OS3. The Labute approximate surface area is 151 Å². The molecular weight excluding hydrogens is 358 g/mol. The highest BCUT2D eigenvalue weighted by molar-refractivity contribution is 7.73. The monoisotopic (exact) mass is 369 g/mol. The van der Waals surface area contributed by atoms with Gasteiger partial charge in [-0.15, -0.1) is 0 Å². The van der Waals surface area contributed by atoms with Crippen molar-refractivity contribution >= 4 is 46.1 Å². The Morgan fingerprint density at radius 2 is 1.38 bits per heavy atom. The topological polar surface area (TPSA) is 42.7 Å². The number of benzene rings is 2. The van der Waals surface area contributed by atoms with Gasteiger partial charge in [-0.3, -0.25) is 13.9 Å². The molecule has 4 rings (SSSR count). The summed E-state index contributed by atoms with van der Waals surface area (Å²) in [4.78, 5) is 16.1. The molecule has 0 radical (unpaired) electrons. The molecule has 2 heterocycles. The molecule has 24 heavy (non-hydrogen) atoms. The smallest absolute Gasteiger partial charge is 0.278 e. The van der Waals surface area contributed by atoms with Crippen LogP contribution in [-0.2, 0) is 0 Å². The van der Waals surface area contributed by atoms with Crippen molar-refractivity contribution in [2.45, 2.75) is 0 Å². The summed E-state index contributed by atoms with van der Waals surface area (Å²) in [6, 6.07) is 19.0. The van der Waals surface area contributed by atoms with E-state index < -0.39 is 0 Å². The van der Waals surface area contributed by atoms with E-state index in [-0.39, 0.29) is 5.56 Å². The van der Waals surface area contributed by atoms with Crippen LogP contribution in [0.1, 0.15) is 0 Å². The Morgan fingerprint density at radius 1 is 0.833 bits per heavy atom. The van der Waals surface area contributed by atoms with Crippen molar-refractivity contribution in [3.8, 4) is 11.4 Å². The quantitative estimate of drug-likeness (QED) is 0.524. The van der Waals surface area contributed by atoms with Gasteiger partial charge in [0, 0.05) is 5.69 Å². The van der Waals surface area contributed by atoms with Gasteiger partial charge < -0.3 is 4.98 Å². The highest BCUT2D eigenvalue weighted by atomic mass is 32.1. The van der Waals surface area contributed by atoms with Gasteiger partial charge in [-0.05, 0) is 48.7 Å². The van der Waals surface area contributed by atoms with E-state index in [2.05, 4.69) is 4.98 Å². The van der Waals surface area contributed by atoms with Gasteiger partial charge in [0.15, 0.2) is 8.73 Å². The minimum absolute atomic E-state index is 0.161. The van der Waals surface area contributed by atoms with Gasteiger partial charge in [0.2, 0.25) is 0 Å². The second-order valence-electron chi connectivity index (χ2n) is 5.12.